The van der Waals surface area contributed by atoms with E-state index >= 15 is 0 Å². The first-order valence-corrected chi connectivity index (χ1v) is 11.6. The average molecular weight is 434 g/mol. The molecule has 1 aromatic rings. The monoisotopic (exact) mass is 433 g/mol. The maximum atomic E-state index is 11.9. The quantitative estimate of drug-likeness (QED) is 0.249. The van der Waals surface area contributed by atoms with E-state index in [4.69, 9.17) is 4.74 Å². The van der Waals surface area contributed by atoms with Gasteiger partial charge in [0, 0.05) is 27.2 Å². The third-order valence-electron chi connectivity index (χ3n) is 4.00. The molecule has 1 aromatic heterocycles. The Bertz CT molecular complexity index is 777. The minimum atomic E-state index is -3.16. The summed E-state index contributed by atoms with van der Waals surface area (Å²) in [5, 5.41) is 7.15. The lowest BCUT2D eigenvalue weighted by molar-refractivity contribution is 0.0531. The van der Waals surface area contributed by atoms with Crippen LogP contribution in [0.15, 0.2) is 4.99 Å². The van der Waals surface area contributed by atoms with Crippen molar-refractivity contribution >= 4 is 33.3 Å². The number of carbonyl (C=O) groups excluding carboxylic acids is 1. The number of hydrogen-bond acceptors (Lipinski definition) is 7. The standard InChI is InChI=1S/C17H31N5O4S2/c1-7-26-16(23)14-12(3)20-15(27-14)13(4)21-17(18-5)19-10-9-11-22(6)28(24,25)8-2/h13H,7-11H2,1-6H3,(H2,18,19,21). The molecular formula is C17H31N5O4S2. The van der Waals surface area contributed by atoms with Crippen molar-refractivity contribution in [1.82, 2.24) is 19.9 Å². The van der Waals surface area contributed by atoms with Gasteiger partial charge in [0.25, 0.3) is 0 Å². The van der Waals surface area contributed by atoms with Crippen LogP contribution in [0.3, 0.4) is 0 Å². The fourth-order valence-corrected chi connectivity index (χ4v) is 4.13. The van der Waals surface area contributed by atoms with Gasteiger partial charge in [-0.1, -0.05) is 0 Å². The summed E-state index contributed by atoms with van der Waals surface area (Å²) < 4.78 is 29.9. The highest BCUT2D eigenvalue weighted by Gasteiger charge is 2.20. The molecule has 0 spiro atoms. The number of sulfonamides is 1. The number of nitrogens with zero attached hydrogens (tertiary/aromatic N) is 3. The SMILES string of the molecule is CCOC(=O)c1sc(C(C)NC(=NC)NCCCN(C)S(=O)(=O)CC)nc1C. The van der Waals surface area contributed by atoms with E-state index in [-0.39, 0.29) is 17.8 Å². The Morgan fingerprint density at radius 3 is 2.64 bits per heavy atom. The van der Waals surface area contributed by atoms with Crippen LogP contribution in [0.25, 0.3) is 0 Å². The number of thiazole rings is 1. The third-order valence-corrected chi connectivity index (χ3v) is 7.19. The molecule has 1 atom stereocenters. The maximum absolute atomic E-state index is 11.9. The van der Waals surface area contributed by atoms with Gasteiger partial charge in [-0.15, -0.1) is 11.3 Å². The predicted molar refractivity (Wildman–Crippen MR) is 112 cm³/mol. The van der Waals surface area contributed by atoms with Crippen LogP contribution in [-0.2, 0) is 14.8 Å². The Kier molecular flexibility index (Phi) is 9.83. The fourth-order valence-electron chi connectivity index (χ4n) is 2.32. The largest absolute Gasteiger partial charge is 0.462 e. The molecule has 0 aromatic carbocycles. The van der Waals surface area contributed by atoms with Crippen LogP contribution in [0.2, 0.25) is 0 Å². The first kappa shape index (κ1) is 24.3. The summed E-state index contributed by atoms with van der Waals surface area (Å²) in [6.45, 7) is 8.44. The van der Waals surface area contributed by atoms with Crippen LogP contribution in [0, 0.1) is 6.92 Å². The number of aliphatic imine (C=N–C) groups is 1. The Morgan fingerprint density at radius 2 is 2.07 bits per heavy atom. The van der Waals surface area contributed by atoms with Crippen LogP contribution in [-0.4, -0.2) is 69.2 Å². The summed E-state index contributed by atoms with van der Waals surface area (Å²) in [5.41, 5.74) is 0.648. The van der Waals surface area contributed by atoms with Gasteiger partial charge in [-0.25, -0.2) is 22.5 Å². The first-order valence-electron chi connectivity index (χ1n) is 9.21. The molecule has 1 rings (SSSR count). The van der Waals surface area contributed by atoms with Gasteiger partial charge in [0.2, 0.25) is 10.0 Å². The highest BCUT2D eigenvalue weighted by molar-refractivity contribution is 7.89. The molecule has 9 nitrogen and oxygen atoms in total. The Hall–Kier alpha value is -1.72. The highest BCUT2D eigenvalue weighted by Crippen LogP contribution is 2.24. The van der Waals surface area contributed by atoms with E-state index in [9.17, 15) is 13.2 Å². The number of nitrogens with one attached hydrogen (secondary N) is 2. The second-order valence-corrected chi connectivity index (χ2v) is 9.52. The lowest BCUT2D eigenvalue weighted by atomic mass is 10.3. The van der Waals surface area contributed by atoms with Gasteiger partial charge in [0.05, 0.1) is 24.1 Å². The molecule has 0 radical (unpaired) electrons. The van der Waals surface area contributed by atoms with Crippen molar-refractivity contribution < 1.29 is 17.9 Å². The maximum Gasteiger partial charge on any atom is 0.350 e. The molecular weight excluding hydrogens is 402 g/mol. The third kappa shape index (κ3) is 7.02. The molecule has 0 fully saturated rings. The smallest absolute Gasteiger partial charge is 0.350 e. The van der Waals surface area contributed by atoms with Gasteiger partial charge in [-0.05, 0) is 34.1 Å². The summed E-state index contributed by atoms with van der Waals surface area (Å²) in [6.07, 6.45) is 0.647. The summed E-state index contributed by atoms with van der Waals surface area (Å²) in [4.78, 5) is 21.1. The lowest BCUT2D eigenvalue weighted by Crippen LogP contribution is -2.40. The summed E-state index contributed by atoms with van der Waals surface area (Å²) >= 11 is 1.30. The Balaban J connectivity index is 2.57. The van der Waals surface area contributed by atoms with Gasteiger partial charge < -0.3 is 15.4 Å². The van der Waals surface area contributed by atoms with Crippen molar-refractivity contribution in [1.29, 1.82) is 0 Å². The van der Waals surface area contributed by atoms with Crippen molar-refractivity contribution in [2.45, 2.75) is 40.2 Å². The van der Waals surface area contributed by atoms with Gasteiger partial charge in [-0.2, -0.15) is 0 Å². The molecule has 11 heteroatoms. The second-order valence-electron chi connectivity index (χ2n) is 6.13. The number of guanidine groups is 1. The van der Waals surface area contributed by atoms with E-state index in [0.29, 0.717) is 42.6 Å². The molecule has 0 aliphatic heterocycles. The van der Waals surface area contributed by atoms with Crippen molar-refractivity contribution in [3.8, 4) is 0 Å². The summed E-state index contributed by atoms with van der Waals surface area (Å²) in [5.74, 6) is 0.322. The van der Waals surface area contributed by atoms with Gasteiger partial charge >= 0.3 is 5.97 Å². The zero-order valence-electron chi connectivity index (χ0n) is 17.4. The fraction of sp³-hybridized carbons (Fsp3) is 0.706. The topological polar surface area (TPSA) is 113 Å². The molecule has 0 amide bonds. The van der Waals surface area contributed by atoms with Crippen molar-refractivity contribution in [3.05, 3.63) is 15.6 Å². The van der Waals surface area contributed by atoms with E-state index in [1.54, 1.807) is 34.9 Å². The van der Waals surface area contributed by atoms with Crippen molar-refractivity contribution in [3.63, 3.8) is 0 Å². The number of esters is 1. The lowest BCUT2D eigenvalue weighted by Gasteiger charge is -2.18. The van der Waals surface area contributed by atoms with Gasteiger partial charge in [0.1, 0.15) is 9.88 Å². The zero-order valence-corrected chi connectivity index (χ0v) is 19.0. The Labute approximate surface area is 171 Å². The van der Waals surface area contributed by atoms with E-state index in [1.165, 1.54) is 15.6 Å². The summed E-state index contributed by atoms with van der Waals surface area (Å²) in [7, 11) is 0.0853. The van der Waals surface area contributed by atoms with Gasteiger partial charge in [0.15, 0.2) is 5.96 Å². The normalized spacial score (nSPS) is 13.5. The number of aromatic nitrogens is 1. The van der Waals surface area contributed by atoms with Crippen LogP contribution in [0.4, 0.5) is 0 Å². The number of hydrogen-bond donors (Lipinski definition) is 2. The second kappa shape index (κ2) is 11.3. The average Bonchev–Trinajstić information content (AvgIpc) is 3.05. The molecule has 0 aliphatic carbocycles. The molecule has 0 aliphatic rings. The highest BCUT2D eigenvalue weighted by atomic mass is 32.2. The molecule has 0 saturated carbocycles. The molecule has 0 saturated heterocycles. The predicted octanol–water partition coefficient (Wildman–Crippen LogP) is 1.53. The first-order chi connectivity index (χ1) is 13.2. The van der Waals surface area contributed by atoms with Crippen molar-refractivity contribution in [2.75, 3.05) is 39.5 Å². The minimum absolute atomic E-state index is 0.0959. The number of aryl methyl sites for hydroxylation is 1. The Morgan fingerprint density at radius 1 is 1.39 bits per heavy atom. The van der Waals surface area contributed by atoms with E-state index in [0.717, 1.165) is 5.01 Å². The number of rotatable bonds is 10. The molecule has 160 valence electrons. The molecule has 1 unspecified atom stereocenters. The molecule has 0 bridgehead atoms. The zero-order chi connectivity index (χ0) is 21.3. The van der Waals surface area contributed by atoms with E-state index < -0.39 is 10.0 Å². The van der Waals surface area contributed by atoms with Crippen LogP contribution >= 0.6 is 11.3 Å². The van der Waals surface area contributed by atoms with E-state index in [2.05, 4.69) is 20.6 Å². The molecule has 2 N–H and O–H groups in total. The number of ether oxygens (including phenoxy) is 1. The van der Waals surface area contributed by atoms with Crippen molar-refractivity contribution in [2.24, 2.45) is 4.99 Å². The van der Waals surface area contributed by atoms with Gasteiger partial charge in [-0.3, -0.25) is 4.99 Å². The molecule has 1 heterocycles. The van der Waals surface area contributed by atoms with Crippen LogP contribution in [0.1, 0.15) is 53.6 Å². The van der Waals surface area contributed by atoms with E-state index in [1.807, 2.05) is 6.92 Å². The number of carbonyl (C=O) groups is 1. The molecule has 28 heavy (non-hydrogen) atoms. The summed E-state index contributed by atoms with van der Waals surface area (Å²) in [6, 6.07) is -0.152. The van der Waals surface area contributed by atoms with Crippen LogP contribution < -0.4 is 10.6 Å². The minimum Gasteiger partial charge on any atom is -0.462 e. The van der Waals surface area contributed by atoms with Crippen LogP contribution in [0.5, 0.6) is 0 Å².